The lowest BCUT2D eigenvalue weighted by atomic mass is 10.1. The summed E-state index contributed by atoms with van der Waals surface area (Å²) >= 11 is 0. The van der Waals surface area contributed by atoms with Crippen LogP contribution in [0.2, 0.25) is 0 Å². The van der Waals surface area contributed by atoms with E-state index >= 15 is 0 Å². The fraction of sp³-hybridized carbons (Fsp3) is 0.273. The van der Waals surface area contributed by atoms with Gasteiger partial charge < -0.3 is 19.7 Å². The molecule has 1 amide bonds. The predicted octanol–water partition coefficient (Wildman–Crippen LogP) is 3.53. The maximum atomic E-state index is 12.4. The van der Waals surface area contributed by atoms with Gasteiger partial charge in [0.05, 0.1) is 14.2 Å². The van der Waals surface area contributed by atoms with E-state index in [1.165, 1.54) is 0 Å². The lowest BCUT2D eigenvalue weighted by Gasteiger charge is -2.12. The number of nitrogens with one attached hydrogen (secondary N) is 2. The first-order valence-electron chi connectivity index (χ1n) is 9.33. The number of aryl methyl sites for hydroxylation is 2. The van der Waals surface area contributed by atoms with Crippen molar-refractivity contribution < 1.29 is 14.3 Å². The van der Waals surface area contributed by atoms with Crippen LogP contribution in [0.1, 0.15) is 21.6 Å². The molecule has 2 aromatic carbocycles. The summed E-state index contributed by atoms with van der Waals surface area (Å²) in [4.78, 5) is 14.4. The van der Waals surface area contributed by atoms with Crippen molar-refractivity contribution in [1.82, 2.24) is 10.2 Å². The Morgan fingerprint density at radius 2 is 1.66 bits per heavy atom. The summed E-state index contributed by atoms with van der Waals surface area (Å²) < 4.78 is 10.6. The van der Waals surface area contributed by atoms with Gasteiger partial charge in [0, 0.05) is 43.2 Å². The van der Waals surface area contributed by atoms with Crippen LogP contribution in [-0.2, 0) is 12.8 Å². The van der Waals surface area contributed by atoms with Gasteiger partial charge in [-0.1, -0.05) is 0 Å². The Labute approximate surface area is 170 Å². The highest BCUT2D eigenvalue weighted by Crippen LogP contribution is 2.23. The molecule has 0 saturated carbocycles. The van der Waals surface area contributed by atoms with Crippen LogP contribution >= 0.6 is 0 Å². The van der Waals surface area contributed by atoms with Crippen LogP contribution in [0.15, 0.2) is 48.5 Å². The fourth-order valence-electron chi connectivity index (χ4n) is 2.94. The Hall–Kier alpha value is -3.48. The summed E-state index contributed by atoms with van der Waals surface area (Å²) in [6.45, 7) is 0. The molecule has 1 heterocycles. The fourth-order valence-corrected chi connectivity index (χ4v) is 2.94. The molecule has 0 fully saturated rings. The summed E-state index contributed by atoms with van der Waals surface area (Å²) in [5.74, 6) is 1.84. The Bertz CT molecular complexity index is 942. The van der Waals surface area contributed by atoms with Crippen LogP contribution in [-0.4, -0.2) is 44.4 Å². The van der Waals surface area contributed by atoms with Crippen LogP contribution < -0.4 is 19.7 Å². The monoisotopic (exact) mass is 394 g/mol. The summed E-state index contributed by atoms with van der Waals surface area (Å²) in [5, 5.41) is 10.00. The van der Waals surface area contributed by atoms with E-state index < -0.39 is 0 Å². The van der Waals surface area contributed by atoms with Crippen molar-refractivity contribution in [1.29, 1.82) is 0 Å². The largest absolute Gasteiger partial charge is 0.497 e. The molecule has 29 heavy (non-hydrogen) atoms. The maximum absolute atomic E-state index is 12.4. The Morgan fingerprint density at radius 1 is 1.00 bits per heavy atom. The molecule has 7 heteroatoms. The molecule has 2 N–H and O–H groups in total. The number of carbonyl (C=O) groups excluding carboxylic acids is 1. The van der Waals surface area contributed by atoms with Crippen LogP contribution in [0.5, 0.6) is 11.5 Å². The number of aromatic amines is 1. The van der Waals surface area contributed by atoms with E-state index in [2.05, 4.69) is 15.5 Å². The van der Waals surface area contributed by atoms with E-state index in [4.69, 9.17) is 9.47 Å². The van der Waals surface area contributed by atoms with Crippen molar-refractivity contribution in [2.45, 2.75) is 12.8 Å². The summed E-state index contributed by atoms with van der Waals surface area (Å²) in [6.07, 6.45) is 1.53. The van der Waals surface area contributed by atoms with Crippen molar-refractivity contribution in [3.63, 3.8) is 0 Å². The van der Waals surface area contributed by atoms with Crippen molar-refractivity contribution in [2.75, 3.05) is 38.5 Å². The molecule has 0 aliphatic carbocycles. The SMILES string of the molecule is COc1cc(CCc2cc(NC(=O)c3ccc(N(C)C)cc3)n[nH]2)cc(OC)c1. The van der Waals surface area contributed by atoms with Gasteiger partial charge in [0.25, 0.3) is 5.91 Å². The molecule has 0 aliphatic heterocycles. The number of carbonyl (C=O) groups is 1. The van der Waals surface area contributed by atoms with E-state index in [1.807, 2.05) is 55.4 Å². The van der Waals surface area contributed by atoms with Gasteiger partial charge in [-0.2, -0.15) is 5.10 Å². The van der Waals surface area contributed by atoms with Gasteiger partial charge in [0.1, 0.15) is 11.5 Å². The zero-order valence-electron chi connectivity index (χ0n) is 17.2. The third-order valence-corrected chi connectivity index (χ3v) is 4.61. The molecule has 3 rings (SSSR count). The molecule has 0 saturated heterocycles. The lowest BCUT2D eigenvalue weighted by molar-refractivity contribution is 0.102. The molecule has 1 aromatic heterocycles. The third-order valence-electron chi connectivity index (χ3n) is 4.61. The average Bonchev–Trinajstić information content (AvgIpc) is 3.19. The Kier molecular flexibility index (Phi) is 6.39. The smallest absolute Gasteiger partial charge is 0.256 e. The minimum atomic E-state index is -0.189. The number of anilines is 2. The highest BCUT2D eigenvalue weighted by Gasteiger charge is 2.10. The van der Waals surface area contributed by atoms with E-state index in [-0.39, 0.29) is 5.91 Å². The number of hydrogen-bond acceptors (Lipinski definition) is 5. The normalized spacial score (nSPS) is 10.5. The minimum Gasteiger partial charge on any atom is -0.497 e. The second kappa shape index (κ2) is 9.14. The number of H-pyrrole nitrogens is 1. The molecule has 3 aromatic rings. The van der Waals surface area contributed by atoms with E-state index in [1.54, 1.807) is 26.4 Å². The molecule has 0 atom stereocenters. The molecular weight excluding hydrogens is 368 g/mol. The molecular formula is C22H26N4O3. The first-order chi connectivity index (χ1) is 14.0. The molecule has 0 radical (unpaired) electrons. The van der Waals surface area contributed by atoms with E-state index in [0.717, 1.165) is 41.3 Å². The van der Waals surface area contributed by atoms with Crippen molar-refractivity contribution in [3.8, 4) is 11.5 Å². The number of benzene rings is 2. The van der Waals surface area contributed by atoms with Crippen molar-refractivity contribution >= 4 is 17.4 Å². The zero-order chi connectivity index (χ0) is 20.8. The van der Waals surface area contributed by atoms with Crippen molar-refractivity contribution in [3.05, 3.63) is 65.4 Å². The van der Waals surface area contributed by atoms with E-state index in [9.17, 15) is 4.79 Å². The van der Waals surface area contributed by atoms with Crippen LogP contribution in [0.25, 0.3) is 0 Å². The average molecular weight is 394 g/mol. The predicted molar refractivity (Wildman–Crippen MR) is 114 cm³/mol. The number of hydrogen-bond donors (Lipinski definition) is 2. The molecule has 0 aliphatic rings. The van der Waals surface area contributed by atoms with Crippen LogP contribution in [0.4, 0.5) is 11.5 Å². The number of ether oxygens (including phenoxy) is 2. The maximum Gasteiger partial charge on any atom is 0.256 e. The zero-order valence-corrected chi connectivity index (χ0v) is 17.2. The van der Waals surface area contributed by atoms with Crippen molar-refractivity contribution in [2.24, 2.45) is 0 Å². The highest BCUT2D eigenvalue weighted by atomic mass is 16.5. The Balaban J connectivity index is 1.60. The van der Waals surface area contributed by atoms with Crippen LogP contribution in [0.3, 0.4) is 0 Å². The molecule has 0 bridgehead atoms. The summed E-state index contributed by atoms with van der Waals surface area (Å²) in [7, 11) is 7.19. The second-order valence-corrected chi connectivity index (χ2v) is 6.89. The molecule has 0 spiro atoms. The quantitative estimate of drug-likeness (QED) is 0.611. The minimum absolute atomic E-state index is 0.189. The molecule has 7 nitrogen and oxygen atoms in total. The van der Waals surface area contributed by atoms with Gasteiger partial charge in [-0.05, 0) is 54.8 Å². The number of aromatic nitrogens is 2. The van der Waals surface area contributed by atoms with Gasteiger partial charge >= 0.3 is 0 Å². The number of nitrogens with zero attached hydrogens (tertiary/aromatic N) is 2. The van der Waals surface area contributed by atoms with Gasteiger partial charge in [-0.15, -0.1) is 0 Å². The topological polar surface area (TPSA) is 79.5 Å². The number of rotatable bonds is 8. The molecule has 152 valence electrons. The Morgan fingerprint density at radius 3 is 2.24 bits per heavy atom. The number of amides is 1. The highest BCUT2D eigenvalue weighted by molar-refractivity contribution is 6.03. The van der Waals surface area contributed by atoms with E-state index in [0.29, 0.717) is 11.4 Å². The third kappa shape index (κ3) is 5.28. The first-order valence-corrected chi connectivity index (χ1v) is 9.33. The first kappa shape index (κ1) is 20.3. The second-order valence-electron chi connectivity index (χ2n) is 6.89. The van der Waals surface area contributed by atoms with Crippen LogP contribution in [0, 0.1) is 0 Å². The van der Waals surface area contributed by atoms with Gasteiger partial charge in [0.2, 0.25) is 0 Å². The standard InChI is InChI=1S/C22H26N4O3/c1-26(2)18-9-6-16(7-10-18)22(27)23-21-13-17(24-25-21)8-5-15-11-19(28-3)14-20(12-15)29-4/h6-7,9-14H,5,8H2,1-4H3,(H2,23,24,25,27). The number of methoxy groups -OCH3 is 2. The summed E-state index contributed by atoms with van der Waals surface area (Å²) in [6, 6.07) is 15.1. The van der Waals surface area contributed by atoms with Gasteiger partial charge in [0.15, 0.2) is 5.82 Å². The molecule has 0 unspecified atom stereocenters. The van der Waals surface area contributed by atoms with Gasteiger partial charge in [-0.3, -0.25) is 9.89 Å². The van der Waals surface area contributed by atoms with Gasteiger partial charge in [-0.25, -0.2) is 0 Å². The summed E-state index contributed by atoms with van der Waals surface area (Å²) in [5.41, 5.74) is 3.66. The lowest BCUT2D eigenvalue weighted by Crippen LogP contribution is -2.13.